The third-order valence-electron chi connectivity index (χ3n) is 1.30. The Morgan fingerprint density at radius 3 is 1.55 bits per heavy atom. The van der Waals surface area contributed by atoms with E-state index in [1.165, 1.54) is 0 Å². The second-order valence-corrected chi connectivity index (χ2v) is 3.21. The van der Waals surface area contributed by atoms with Crippen LogP contribution in [0, 0.1) is 0 Å². The third kappa shape index (κ3) is 9.88. The van der Waals surface area contributed by atoms with Gasteiger partial charge in [0.2, 0.25) is 0 Å². The van der Waals surface area contributed by atoms with E-state index in [1.54, 1.807) is 0 Å². The van der Waals surface area contributed by atoms with E-state index in [2.05, 4.69) is 44.5 Å². The minimum atomic E-state index is 1.10. The van der Waals surface area contributed by atoms with Gasteiger partial charge in [0.05, 0.1) is 0 Å². The molecule has 0 aliphatic rings. The van der Waals surface area contributed by atoms with Gasteiger partial charge in [-0.1, -0.05) is 13.8 Å². The first kappa shape index (κ1) is 13.5. The Labute approximate surface area is 74.3 Å². The largest absolute Gasteiger partial charge is 0.248 e. The fourth-order valence-electron chi connectivity index (χ4n) is 0.789. The van der Waals surface area contributed by atoms with E-state index in [1.807, 2.05) is 5.70 Å². The molecule has 0 saturated heterocycles. The lowest BCUT2D eigenvalue weighted by atomic mass is 10.6. The molecule has 0 atom stereocenters. The fraction of sp³-hybridized carbons (Fsp3) is 0.750. The average Bonchev–Trinajstić information content (AvgIpc) is 1.91. The lowest BCUT2D eigenvalue weighted by molar-refractivity contribution is 0.0373. The SMILES string of the molecule is C=C[SiH3].CCN(CC)N(C)C. The van der Waals surface area contributed by atoms with Crippen LogP contribution >= 0.6 is 0 Å². The van der Waals surface area contributed by atoms with Crippen molar-refractivity contribution >= 4 is 10.2 Å². The summed E-state index contributed by atoms with van der Waals surface area (Å²) in [7, 11) is 5.26. The highest BCUT2D eigenvalue weighted by Crippen LogP contribution is 1.86. The summed E-state index contributed by atoms with van der Waals surface area (Å²) in [5, 5.41) is 4.36. The van der Waals surface area contributed by atoms with Gasteiger partial charge in [0.1, 0.15) is 0 Å². The van der Waals surface area contributed by atoms with Crippen LogP contribution < -0.4 is 0 Å². The van der Waals surface area contributed by atoms with Crippen LogP contribution in [-0.2, 0) is 0 Å². The normalized spacial score (nSPS) is 9.64. The summed E-state index contributed by atoms with van der Waals surface area (Å²) >= 11 is 0. The van der Waals surface area contributed by atoms with Crippen LogP contribution in [-0.4, -0.2) is 47.4 Å². The first-order chi connectivity index (χ1) is 5.13. The summed E-state index contributed by atoms with van der Waals surface area (Å²) in [6, 6.07) is 0. The van der Waals surface area contributed by atoms with Crippen LogP contribution in [0.4, 0.5) is 0 Å². The van der Waals surface area contributed by atoms with E-state index in [0.29, 0.717) is 0 Å². The average molecular weight is 174 g/mol. The van der Waals surface area contributed by atoms with E-state index in [-0.39, 0.29) is 0 Å². The molecule has 0 unspecified atom stereocenters. The molecule has 11 heavy (non-hydrogen) atoms. The third-order valence-corrected chi connectivity index (χ3v) is 1.30. The first-order valence-electron chi connectivity index (χ1n) is 4.13. The van der Waals surface area contributed by atoms with E-state index in [4.69, 9.17) is 0 Å². The maximum Gasteiger partial charge on any atom is 0.0283 e. The number of rotatable bonds is 3. The van der Waals surface area contributed by atoms with Gasteiger partial charge in [0.15, 0.2) is 0 Å². The van der Waals surface area contributed by atoms with E-state index < -0.39 is 0 Å². The zero-order valence-corrected chi connectivity index (χ0v) is 10.6. The zero-order chi connectivity index (χ0) is 9.28. The molecule has 0 aromatic heterocycles. The van der Waals surface area contributed by atoms with E-state index in [0.717, 1.165) is 23.3 Å². The number of nitrogens with zero attached hydrogens (tertiary/aromatic N) is 2. The van der Waals surface area contributed by atoms with Crippen molar-refractivity contribution in [3.8, 4) is 0 Å². The van der Waals surface area contributed by atoms with Gasteiger partial charge in [0, 0.05) is 37.4 Å². The van der Waals surface area contributed by atoms with Crippen LogP contribution in [0.25, 0.3) is 0 Å². The molecule has 0 aromatic carbocycles. The van der Waals surface area contributed by atoms with Crippen molar-refractivity contribution in [2.24, 2.45) is 0 Å². The van der Waals surface area contributed by atoms with Crippen LogP contribution in [0.5, 0.6) is 0 Å². The molecule has 0 rings (SSSR count). The maximum atomic E-state index is 3.42. The fourth-order valence-corrected chi connectivity index (χ4v) is 0.789. The lowest BCUT2D eigenvalue weighted by Gasteiger charge is -2.25. The molecule has 0 radical (unpaired) electrons. The van der Waals surface area contributed by atoms with Gasteiger partial charge < -0.3 is 0 Å². The maximum absolute atomic E-state index is 3.42. The number of hydrogen-bond donors (Lipinski definition) is 0. The predicted octanol–water partition coefficient (Wildman–Crippen LogP) is 0.300. The number of hydrazine groups is 1. The smallest absolute Gasteiger partial charge is 0.0283 e. The van der Waals surface area contributed by atoms with Crippen molar-refractivity contribution in [2.75, 3.05) is 27.2 Å². The molecule has 0 fully saturated rings. The molecule has 0 spiro atoms. The molecular weight excluding hydrogens is 152 g/mol. The molecule has 0 aromatic rings. The van der Waals surface area contributed by atoms with E-state index in [9.17, 15) is 0 Å². The van der Waals surface area contributed by atoms with Gasteiger partial charge >= 0.3 is 0 Å². The van der Waals surface area contributed by atoms with Gasteiger partial charge in [0.25, 0.3) is 0 Å². The summed E-state index contributed by atoms with van der Waals surface area (Å²) in [5.74, 6) is 0. The van der Waals surface area contributed by atoms with Gasteiger partial charge in [-0.25, -0.2) is 10.0 Å². The Hall–Kier alpha value is -0.123. The molecule has 0 aliphatic carbocycles. The van der Waals surface area contributed by atoms with Crippen LogP contribution in [0.3, 0.4) is 0 Å². The van der Waals surface area contributed by atoms with E-state index >= 15 is 0 Å². The highest BCUT2D eigenvalue weighted by molar-refractivity contribution is 6.16. The zero-order valence-electron chi connectivity index (χ0n) is 8.59. The highest BCUT2D eigenvalue weighted by atomic mass is 28.1. The summed E-state index contributed by atoms with van der Waals surface area (Å²) < 4.78 is 0. The second kappa shape index (κ2) is 9.88. The molecule has 2 nitrogen and oxygen atoms in total. The highest BCUT2D eigenvalue weighted by Gasteiger charge is 1.97. The minimum Gasteiger partial charge on any atom is -0.248 e. The van der Waals surface area contributed by atoms with Crippen molar-refractivity contribution in [2.45, 2.75) is 13.8 Å². The molecule has 0 amide bonds. The van der Waals surface area contributed by atoms with Crippen molar-refractivity contribution in [1.82, 2.24) is 10.0 Å². The quantitative estimate of drug-likeness (QED) is 0.448. The van der Waals surface area contributed by atoms with Gasteiger partial charge in [-0.3, -0.25) is 0 Å². The molecule has 0 bridgehead atoms. The molecule has 0 aliphatic heterocycles. The standard InChI is InChI=1S/C6H16N2.C2H6Si/c1-5-8(6-2)7(3)4;1-2-3/h5-6H2,1-4H3;2H,1H2,3H3. The molecule has 0 saturated carbocycles. The Kier molecular flexibility index (Phi) is 12.1. The summed E-state index contributed by atoms with van der Waals surface area (Å²) in [5.41, 5.74) is 1.89. The van der Waals surface area contributed by atoms with Gasteiger partial charge in [-0.05, 0) is 0 Å². The minimum absolute atomic E-state index is 1.10. The Morgan fingerprint density at radius 2 is 1.55 bits per heavy atom. The Morgan fingerprint density at radius 1 is 1.27 bits per heavy atom. The summed E-state index contributed by atoms with van der Waals surface area (Å²) in [6.45, 7) is 9.94. The number of hydrogen-bond acceptors (Lipinski definition) is 2. The molecule has 68 valence electrons. The second-order valence-electron chi connectivity index (χ2n) is 2.39. The molecule has 0 N–H and O–H groups in total. The first-order valence-corrected chi connectivity index (χ1v) is 5.28. The van der Waals surface area contributed by atoms with Crippen molar-refractivity contribution in [1.29, 1.82) is 0 Å². The molecule has 3 heteroatoms. The summed E-state index contributed by atoms with van der Waals surface area (Å²) in [4.78, 5) is 0. The lowest BCUT2D eigenvalue weighted by Crippen LogP contribution is -2.36. The monoisotopic (exact) mass is 174 g/mol. The summed E-state index contributed by atoms with van der Waals surface area (Å²) in [6.07, 6.45) is 0. The van der Waals surface area contributed by atoms with Gasteiger partial charge in [-0.2, -0.15) is 0 Å². The Balaban J connectivity index is 0. The van der Waals surface area contributed by atoms with Crippen molar-refractivity contribution in [3.05, 3.63) is 12.3 Å². The van der Waals surface area contributed by atoms with Crippen molar-refractivity contribution < 1.29 is 0 Å². The van der Waals surface area contributed by atoms with Crippen LogP contribution in [0.2, 0.25) is 0 Å². The van der Waals surface area contributed by atoms with Gasteiger partial charge in [-0.15, -0.1) is 12.3 Å². The molecular formula is C8H22N2Si. The topological polar surface area (TPSA) is 6.48 Å². The van der Waals surface area contributed by atoms with Crippen molar-refractivity contribution in [3.63, 3.8) is 0 Å². The predicted molar refractivity (Wildman–Crippen MR) is 56.7 cm³/mol. The molecule has 0 heterocycles. The van der Waals surface area contributed by atoms with Crippen LogP contribution in [0.1, 0.15) is 13.8 Å². The Bertz CT molecular complexity index is 80.2. The van der Waals surface area contributed by atoms with Crippen LogP contribution in [0.15, 0.2) is 12.3 Å².